The van der Waals surface area contributed by atoms with Crippen molar-refractivity contribution in [2.45, 2.75) is 49.0 Å². The molecule has 0 aromatic carbocycles. The average Bonchev–Trinajstić information content (AvgIpc) is 2.61. The smallest absolute Gasteiger partial charge is 0.340 e. The van der Waals surface area contributed by atoms with Crippen LogP contribution in [0.2, 0.25) is 0 Å². The summed E-state index contributed by atoms with van der Waals surface area (Å²) in [5.74, 6) is -1.61. The first-order valence-electron chi connectivity index (χ1n) is 8.17. The van der Waals surface area contributed by atoms with Crippen LogP contribution in [0.5, 0.6) is 0 Å². The van der Waals surface area contributed by atoms with E-state index in [0.29, 0.717) is 0 Å². The zero-order chi connectivity index (χ0) is 19.1. The van der Waals surface area contributed by atoms with E-state index >= 15 is 0 Å². The number of carbonyl (C=O) groups is 1. The molecule has 0 aromatic rings. The van der Waals surface area contributed by atoms with Crippen molar-refractivity contribution < 1.29 is 49.3 Å². The molecule has 5 N–H and O–H groups in total. The molecule has 3 aliphatic rings. The summed E-state index contributed by atoms with van der Waals surface area (Å²) in [6.45, 7) is 3.03. The van der Waals surface area contributed by atoms with Gasteiger partial charge in [-0.3, -0.25) is 0 Å². The Morgan fingerprint density at radius 1 is 1.27 bits per heavy atom. The van der Waals surface area contributed by atoms with Crippen molar-refractivity contribution >= 4 is 5.97 Å². The Balaban J connectivity index is 1.81. The molecule has 0 aliphatic carbocycles. The van der Waals surface area contributed by atoms with E-state index in [1.807, 2.05) is 0 Å². The quantitative estimate of drug-likeness (QED) is 0.264. The van der Waals surface area contributed by atoms with Crippen molar-refractivity contribution in [1.82, 2.24) is 0 Å². The van der Waals surface area contributed by atoms with Crippen LogP contribution in [0, 0.1) is 5.92 Å². The van der Waals surface area contributed by atoms with Crippen LogP contribution >= 0.6 is 0 Å². The number of esters is 1. The van der Waals surface area contributed by atoms with E-state index in [9.17, 15) is 30.3 Å². The molecule has 2 saturated heterocycles. The zero-order valence-corrected chi connectivity index (χ0v) is 13.8. The van der Waals surface area contributed by atoms with Crippen molar-refractivity contribution in [3.8, 4) is 0 Å². The third-order valence-corrected chi connectivity index (χ3v) is 4.94. The van der Waals surface area contributed by atoms with Crippen LogP contribution in [0.1, 0.15) is 6.42 Å². The lowest BCUT2D eigenvalue weighted by molar-refractivity contribution is -0.344. The van der Waals surface area contributed by atoms with Gasteiger partial charge in [-0.05, 0) is 0 Å². The number of aliphatic hydroxyl groups excluding tert-OH is 4. The molecule has 0 radical (unpaired) electrons. The molecule has 0 unspecified atom stereocenters. The maximum absolute atomic E-state index is 11.8. The average molecular weight is 374 g/mol. The van der Waals surface area contributed by atoms with Crippen molar-refractivity contribution in [3.63, 3.8) is 0 Å². The molecular formula is C16H22O10. The number of ether oxygens (including phenoxy) is 4. The Bertz CT molecular complexity index is 590. The number of carbonyl (C=O) groups excluding carboxylic acids is 1. The largest absolute Gasteiger partial charge is 0.471 e. The van der Waals surface area contributed by atoms with E-state index in [4.69, 9.17) is 18.9 Å². The van der Waals surface area contributed by atoms with Gasteiger partial charge in [0.25, 0.3) is 0 Å². The fourth-order valence-corrected chi connectivity index (χ4v) is 3.36. The van der Waals surface area contributed by atoms with Crippen molar-refractivity contribution in [1.29, 1.82) is 0 Å². The lowest BCUT2D eigenvalue weighted by atomic mass is 9.76. The molecule has 0 saturated carbocycles. The lowest BCUT2D eigenvalue weighted by Gasteiger charge is -2.46. The maximum Gasteiger partial charge on any atom is 0.340 e. The van der Waals surface area contributed by atoms with Crippen LogP contribution in [0.3, 0.4) is 0 Å². The highest BCUT2D eigenvalue weighted by atomic mass is 16.8. The fraction of sp³-hybridized carbons (Fsp3) is 0.688. The van der Waals surface area contributed by atoms with E-state index in [2.05, 4.69) is 6.58 Å². The summed E-state index contributed by atoms with van der Waals surface area (Å²) in [5.41, 5.74) is -1.70. The molecule has 3 aliphatic heterocycles. The Morgan fingerprint density at radius 2 is 2.00 bits per heavy atom. The van der Waals surface area contributed by atoms with Gasteiger partial charge in [0.05, 0.1) is 25.4 Å². The molecular weight excluding hydrogens is 352 g/mol. The van der Waals surface area contributed by atoms with E-state index in [1.165, 1.54) is 6.08 Å². The molecule has 10 heteroatoms. The topological polar surface area (TPSA) is 155 Å². The van der Waals surface area contributed by atoms with Gasteiger partial charge in [-0.2, -0.15) is 0 Å². The number of cyclic esters (lactones) is 1. The summed E-state index contributed by atoms with van der Waals surface area (Å²) in [5, 5.41) is 49.9. The molecule has 26 heavy (non-hydrogen) atoms. The minimum atomic E-state index is -1.63. The second kappa shape index (κ2) is 7.24. The molecule has 3 rings (SSSR count). The van der Waals surface area contributed by atoms with Crippen LogP contribution in [-0.4, -0.2) is 87.3 Å². The molecule has 0 spiro atoms. The summed E-state index contributed by atoms with van der Waals surface area (Å²) in [6, 6.07) is 0. The van der Waals surface area contributed by atoms with E-state index < -0.39 is 61.1 Å². The summed E-state index contributed by atoms with van der Waals surface area (Å²) >= 11 is 0. The van der Waals surface area contributed by atoms with Gasteiger partial charge in [-0.15, -0.1) is 6.58 Å². The van der Waals surface area contributed by atoms with Crippen LogP contribution < -0.4 is 0 Å². The minimum absolute atomic E-state index is 0.00375. The number of fused-ring (bicyclic) bond motifs is 1. The monoisotopic (exact) mass is 374 g/mol. The third-order valence-electron chi connectivity index (χ3n) is 4.94. The first-order valence-corrected chi connectivity index (χ1v) is 8.17. The highest BCUT2D eigenvalue weighted by Gasteiger charge is 2.54. The summed E-state index contributed by atoms with van der Waals surface area (Å²) in [4.78, 5) is 11.8. The number of rotatable bonds is 4. The van der Waals surface area contributed by atoms with Gasteiger partial charge >= 0.3 is 5.97 Å². The highest BCUT2D eigenvalue weighted by molar-refractivity contribution is 5.91. The molecule has 3 heterocycles. The first kappa shape index (κ1) is 19.2. The van der Waals surface area contributed by atoms with Gasteiger partial charge in [0.2, 0.25) is 6.29 Å². The third kappa shape index (κ3) is 3.03. The second-order valence-corrected chi connectivity index (χ2v) is 6.44. The molecule has 8 atom stereocenters. The van der Waals surface area contributed by atoms with Crippen LogP contribution in [0.15, 0.2) is 24.5 Å². The minimum Gasteiger partial charge on any atom is -0.471 e. The molecule has 10 nitrogen and oxygen atoms in total. The molecule has 0 aromatic heterocycles. The number of hydrogen-bond acceptors (Lipinski definition) is 10. The summed E-state index contributed by atoms with van der Waals surface area (Å²) in [7, 11) is 0. The first-order chi connectivity index (χ1) is 12.3. The van der Waals surface area contributed by atoms with Gasteiger partial charge in [0.1, 0.15) is 35.6 Å². The molecule has 0 amide bonds. The maximum atomic E-state index is 11.8. The fourth-order valence-electron chi connectivity index (χ4n) is 3.36. The van der Waals surface area contributed by atoms with Crippen molar-refractivity contribution in [2.75, 3.05) is 13.2 Å². The summed E-state index contributed by atoms with van der Waals surface area (Å²) in [6.07, 6.45) is -6.10. The SMILES string of the molecule is C=C[C@@H]1[C@H](O[C@H]2O[C@@H](CO)[C@@H](O)[C@@H](O)[C@H]2O)OC=C2C(=O)OCC[C@@]21O. The number of hydrogen-bond donors (Lipinski definition) is 5. The highest BCUT2D eigenvalue weighted by Crippen LogP contribution is 2.42. The molecule has 2 fully saturated rings. The Kier molecular flexibility index (Phi) is 5.35. The Hall–Kier alpha value is -1.53. The second-order valence-electron chi connectivity index (χ2n) is 6.44. The summed E-state index contributed by atoms with van der Waals surface area (Å²) < 4.78 is 21.1. The Labute approximate surface area is 148 Å². The number of aliphatic hydroxyl groups is 5. The lowest BCUT2D eigenvalue weighted by Crippen LogP contribution is -2.61. The van der Waals surface area contributed by atoms with Gasteiger partial charge < -0.3 is 44.5 Å². The van der Waals surface area contributed by atoms with Crippen LogP contribution in [-0.2, 0) is 23.7 Å². The zero-order valence-electron chi connectivity index (χ0n) is 13.8. The standard InChI is InChI=1S/C16H22O10/c1-2-7-14(24-6-8-13(21)23-4-3-16(7,8)22)26-15-12(20)11(19)10(18)9(5-17)25-15/h2,6-7,9-12,14-15,17-20,22H,1,3-5H2/t7-,9+,10-,11-,12-,14+,15-,16+/m1/s1. The van der Waals surface area contributed by atoms with E-state index in [1.54, 1.807) is 0 Å². The van der Waals surface area contributed by atoms with Crippen molar-refractivity contribution in [3.05, 3.63) is 24.5 Å². The Morgan fingerprint density at radius 3 is 2.65 bits per heavy atom. The van der Waals surface area contributed by atoms with Gasteiger partial charge in [0.15, 0.2) is 6.29 Å². The van der Waals surface area contributed by atoms with Crippen LogP contribution in [0.25, 0.3) is 0 Å². The predicted octanol–water partition coefficient (Wildman–Crippen LogP) is -2.48. The normalized spacial score (nSPS) is 45.8. The van der Waals surface area contributed by atoms with Crippen LogP contribution in [0.4, 0.5) is 0 Å². The van der Waals surface area contributed by atoms with Gasteiger partial charge in [-0.25, -0.2) is 4.79 Å². The van der Waals surface area contributed by atoms with Gasteiger partial charge in [0, 0.05) is 6.42 Å². The van der Waals surface area contributed by atoms with E-state index in [-0.39, 0.29) is 18.6 Å². The van der Waals surface area contributed by atoms with Gasteiger partial charge in [-0.1, -0.05) is 6.08 Å². The van der Waals surface area contributed by atoms with E-state index in [0.717, 1.165) is 6.26 Å². The molecule has 146 valence electrons. The molecule has 0 bridgehead atoms. The van der Waals surface area contributed by atoms with Crippen molar-refractivity contribution in [2.24, 2.45) is 5.92 Å². The predicted molar refractivity (Wildman–Crippen MR) is 82.0 cm³/mol.